The Hall–Kier alpha value is -3.77. The summed E-state index contributed by atoms with van der Waals surface area (Å²) in [5, 5.41) is 0.768. The number of hydrogen-bond donors (Lipinski definition) is 0. The number of halogens is 1. The van der Waals surface area contributed by atoms with Gasteiger partial charge in [0.2, 0.25) is 5.76 Å². The van der Waals surface area contributed by atoms with Crippen molar-refractivity contribution in [2.45, 2.75) is 39.3 Å². The Labute approximate surface area is 220 Å². The maximum atomic E-state index is 13.8. The minimum atomic E-state index is -0.661. The van der Waals surface area contributed by atoms with Crippen LogP contribution in [0.25, 0.3) is 11.0 Å². The summed E-state index contributed by atoms with van der Waals surface area (Å²) in [5.41, 5.74) is 2.05. The Kier molecular flexibility index (Phi) is 7.19. The number of carbonyl (C=O) groups is 1. The number of rotatable bonds is 9. The Bertz CT molecular complexity index is 1500. The molecule has 0 bridgehead atoms. The monoisotopic (exact) mass is 517 g/mol. The summed E-state index contributed by atoms with van der Waals surface area (Å²) in [4.78, 5) is 29.2. The molecule has 0 saturated heterocycles. The zero-order valence-electron chi connectivity index (χ0n) is 20.8. The fourth-order valence-electron chi connectivity index (χ4n) is 4.69. The van der Waals surface area contributed by atoms with Crippen molar-refractivity contribution >= 4 is 28.5 Å². The van der Waals surface area contributed by atoms with E-state index in [9.17, 15) is 9.59 Å². The molecule has 7 heteroatoms. The molecule has 1 aliphatic rings. The molecule has 0 spiro atoms. The molecule has 3 aromatic carbocycles. The number of unbranched alkanes of at least 4 members (excludes halogenated alkanes) is 1. The van der Waals surface area contributed by atoms with E-state index in [-0.39, 0.29) is 17.1 Å². The normalized spacial score (nSPS) is 14.7. The SMILES string of the molecule is CCCCOc1ccc(C2c3c(oc4ccc(Cl)cc4c3=O)C(=O)N2Cc2ccccc2)cc1OCC. The molecule has 190 valence electrons. The van der Waals surface area contributed by atoms with Crippen molar-refractivity contribution in [1.82, 2.24) is 4.90 Å². The Morgan fingerprint density at radius 1 is 0.946 bits per heavy atom. The number of benzene rings is 3. The van der Waals surface area contributed by atoms with Crippen molar-refractivity contribution in [3.8, 4) is 11.5 Å². The van der Waals surface area contributed by atoms with Gasteiger partial charge >= 0.3 is 0 Å². The molecule has 4 aromatic rings. The molecule has 1 amide bonds. The average molecular weight is 518 g/mol. The van der Waals surface area contributed by atoms with E-state index in [1.165, 1.54) is 0 Å². The summed E-state index contributed by atoms with van der Waals surface area (Å²) in [7, 11) is 0. The number of nitrogens with zero attached hydrogens (tertiary/aromatic N) is 1. The van der Waals surface area contributed by atoms with Gasteiger partial charge in [-0.15, -0.1) is 0 Å². The average Bonchev–Trinajstić information content (AvgIpc) is 3.17. The molecule has 1 aromatic heterocycles. The molecule has 5 rings (SSSR count). The fourth-order valence-corrected chi connectivity index (χ4v) is 4.86. The molecule has 2 heterocycles. The van der Waals surface area contributed by atoms with Gasteiger partial charge in [-0.25, -0.2) is 0 Å². The third-order valence-corrected chi connectivity index (χ3v) is 6.70. The maximum absolute atomic E-state index is 13.8. The smallest absolute Gasteiger partial charge is 0.291 e. The molecule has 1 atom stereocenters. The van der Waals surface area contributed by atoms with Gasteiger partial charge in [-0.3, -0.25) is 9.59 Å². The standard InChI is InChI=1S/C30H28ClNO5/c1-3-5-15-36-24-13-11-20(16-25(24)35-4-2)27-26-28(33)22-17-21(31)12-14-23(22)37-29(26)30(34)32(27)18-19-9-7-6-8-10-19/h6-14,16-17,27H,3-5,15,18H2,1-2H3. The first kappa shape index (κ1) is 24.9. The highest BCUT2D eigenvalue weighted by Crippen LogP contribution is 2.42. The van der Waals surface area contributed by atoms with Crippen LogP contribution in [0, 0.1) is 0 Å². The number of amides is 1. The van der Waals surface area contributed by atoms with Crippen LogP contribution in [0.5, 0.6) is 11.5 Å². The number of ether oxygens (including phenoxy) is 2. The summed E-state index contributed by atoms with van der Waals surface area (Å²) in [6.07, 6.45) is 1.95. The predicted molar refractivity (Wildman–Crippen MR) is 144 cm³/mol. The summed E-state index contributed by atoms with van der Waals surface area (Å²) in [6, 6.07) is 19.5. The van der Waals surface area contributed by atoms with Crippen LogP contribution in [-0.4, -0.2) is 24.0 Å². The second-order valence-corrected chi connectivity index (χ2v) is 9.41. The summed E-state index contributed by atoms with van der Waals surface area (Å²) >= 11 is 6.20. The summed E-state index contributed by atoms with van der Waals surface area (Å²) in [6.45, 7) is 5.35. The highest BCUT2D eigenvalue weighted by Gasteiger charge is 2.43. The first-order valence-corrected chi connectivity index (χ1v) is 12.9. The third-order valence-electron chi connectivity index (χ3n) is 6.46. The van der Waals surface area contributed by atoms with Crippen molar-refractivity contribution in [2.75, 3.05) is 13.2 Å². The van der Waals surface area contributed by atoms with E-state index in [2.05, 4.69) is 6.92 Å². The van der Waals surface area contributed by atoms with Crippen LogP contribution >= 0.6 is 11.6 Å². The van der Waals surface area contributed by atoms with Gasteiger partial charge in [0.1, 0.15) is 5.58 Å². The van der Waals surface area contributed by atoms with E-state index in [0.29, 0.717) is 52.8 Å². The second-order valence-electron chi connectivity index (χ2n) is 8.98. The molecule has 1 aliphatic heterocycles. The quantitative estimate of drug-likeness (QED) is 0.229. The first-order valence-electron chi connectivity index (χ1n) is 12.5. The van der Waals surface area contributed by atoms with Gasteiger partial charge in [0.25, 0.3) is 5.91 Å². The molecule has 6 nitrogen and oxygen atoms in total. The molecular formula is C30H28ClNO5. The highest BCUT2D eigenvalue weighted by molar-refractivity contribution is 6.31. The maximum Gasteiger partial charge on any atom is 0.291 e. The second kappa shape index (κ2) is 10.7. The molecular weight excluding hydrogens is 490 g/mol. The lowest BCUT2D eigenvalue weighted by Crippen LogP contribution is -2.29. The van der Waals surface area contributed by atoms with Crippen LogP contribution in [0.4, 0.5) is 0 Å². The van der Waals surface area contributed by atoms with E-state index < -0.39 is 6.04 Å². The molecule has 0 N–H and O–H groups in total. The minimum Gasteiger partial charge on any atom is -0.490 e. The van der Waals surface area contributed by atoms with Gasteiger partial charge in [0.15, 0.2) is 16.9 Å². The van der Waals surface area contributed by atoms with Gasteiger partial charge in [-0.2, -0.15) is 0 Å². The van der Waals surface area contributed by atoms with Gasteiger partial charge in [-0.1, -0.05) is 61.3 Å². The predicted octanol–water partition coefficient (Wildman–Crippen LogP) is 6.77. The van der Waals surface area contributed by atoms with Crippen LogP contribution in [0.1, 0.15) is 60.0 Å². The Morgan fingerprint density at radius 3 is 2.51 bits per heavy atom. The summed E-state index contributed by atoms with van der Waals surface area (Å²) in [5.74, 6) is 0.932. The molecule has 0 fully saturated rings. The molecule has 37 heavy (non-hydrogen) atoms. The van der Waals surface area contributed by atoms with Crippen LogP contribution in [0.15, 0.2) is 75.9 Å². The molecule has 0 aliphatic carbocycles. The van der Waals surface area contributed by atoms with Crippen LogP contribution in [-0.2, 0) is 6.54 Å². The van der Waals surface area contributed by atoms with Crippen LogP contribution in [0.2, 0.25) is 5.02 Å². The minimum absolute atomic E-state index is 0.0574. The Morgan fingerprint density at radius 2 is 1.76 bits per heavy atom. The van der Waals surface area contributed by atoms with Gasteiger partial charge < -0.3 is 18.8 Å². The largest absolute Gasteiger partial charge is 0.490 e. The topological polar surface area (TPSA) is 69.0 Å². The van der Waals surface area contributed by atoms with Crippen molar-refractivity contribution in [3.63, 3.8) is 0 Å². The molecule has 0 radical (unpaired) electrons. The number of carbonyl (C=O) groups excluding carboxylic acids is 1. The fraction of sp³-hybridized carbons (Fsp3) is 0.267. The lowest BCUT2D eigenvalue weighted by Gasteiger charge is -2.26. The highest BCUT2D eigenvalue weighted by atomic mass is 35.5. The zero-order chi connectivity index (χ0) is 25.9. The third kappa shape index (κ3) is 4.81. The number of fused-ring (bicyclic) bond motifs is 2. The zero-order valence-corrected chi connectivity index (χ0v) is 21.6. The first-order chi connectivity index (χ1) is 18.0. The lowest BCUT2D eigenvalue weighted by molar-refractivity contribution is 0.0714. The van der Waals surface area contributed by atoms with Gasteiger partial charge in [0, 0.05) is 11.6 Å². The van der Waals surface area contributed by atoms with E-state index in [1.54, 1.807) is 23.1 Å². The van der Waals surface area contributed by atoms with E-state index in [1.807, 2.05) is 55.5 Å². The van der Waals surface area contributed by atoms with E-state index >= 15 is 0 Å². The van der Waals surface area contributed by atoms with Crippen LogP contribution in [0.3, 0.4) is 0 Å². The van der Waals surface area contributed by atoms with E-state index in [0.717, 1.165) is 24.0 Å². The van der Waals surface area contributed by atoms with Crippen molar-refractivity contribution < 1.29 is 18.7 Å². The van der Waals surface area contributed by atoms with Crippen LogP contribution < -0.4 is 14.9 Å². The summed E-state index contributed by atoms with van der Waals surface area (Å²) < 4.78 is 17.9. The van der Waals surface area contributed by atoms with Crippen molar-refractivity contribution in [3.05, 3.63) is 104 Å². The van der Waals surface area contributed by atoms with Gasteiger partial charge in [-0.05, 0) is 54.8 Å². The number of hydrogen-bond acceptors (Lipinski definition) is 5. The Balaban J connectivity index is 1.66. The molecule has 0 saturated carbocycles. The van der Waals surface area contributed by atoms with Crippen molar-refractivity contribution in [2.24, 2.45) is 0 Å². The molecule has 1 unspecified atom stereocenters. The van der Waals surface area contributed by atoms with Crippen molar-refractivity contribution in [1.29, 1.82) is 0 Å². The van der Waals surface area contributed by atoms with E-state index in [4.69, 9.17) is 25.5 Å². The lowest BCUT2D eigenvalue weighted by atomic mass is 9.97. The van der Waals surface area contributed by atoms with Gasteiger partial charge in [0.05, 0.1) is 30.2 Å².